The van der Waals surface area contributed by atoms with Crippen LogP contribution in [0.2, 0.25) is 0 Å². The smallest absolute Gasteiger partial charge is 0.534 e. The number of aromatic carboxylic acids is 1. The summed E-state index contributed by atoms with van der Waals surface area (Å²) in [4.78, 5) is 23.9. The number of nitrogens with two attached hydrogens (primary N) is 1. The number of carbonyl (C=O) groups is 2. The fraction of sp³-hybridized carbons (Fsp3) is 0.619. The zero-order valence-electron chi connectivity index (χ0n) is 17.7. The second kappa shape index (κ2) is 9.37. The Morgan fingerprint density at radius 3 is 2.60 bits per heavy atom. The van der Waals surface area contributed by atoms with Crippen LogP contribution in [0.3, 0.4) is 0 Å². The fourth-order valence-electron chi connectivity index (χ4n) is 4.22. The summed E-state index contributed by atoms with van der Waals surface area (Å²) < 4.78 is 5.44. The first kappa shape index (κ1) is 22.6. The number of rotatable bonds is 7. The van der Waals surface area contributed by atoms with Gasteiger partial charge >= 0.3 is 13.1 Å². The van der Waals surface area contributed by atoms with Crippen LogP contribution >= 0.6 is 0 Å². The highest BCUT2D eigenvalue weighted by Gasteiger charge is 2.38. The summed E-state index contributed by atoms with van der Waals surface area (Å²) in [6.45, 7) is 4.77. The molecule has 2 aliphatic rings. The number of carboxylic acids is 1. The van der Waals surface area contributed by atoms with Crippen molar-refractivity contribution in [3.8, 4) is 5.75 Å². The Kier molecular flexibility index (Phi) is 7.05. The van der Waals surface area contributed by atoms with Crippen LogP contribution in [0.4, 0.5) is 0 Å². The minimum absolute atomic E-state index is 0.0136. The lowest BCUT2D eigenvalue weighted by atomic mass is 9.72. The predicted octanol–water partition coefficient (Wildman–Crippen LogP) is 1.10. The first-order chi connectivity index (χ1) is 14.1. The molecule has 6 N–H and O–H groups in total. The molecule has 1 atom stereocenters. The second-order valence-corrected chi connectivity index (χ2v) is 9.28. The number of hydrogen-bond acceptors (Lipinski definition) is 6. The van der Waals surface area contributed by atoms with E-state index >= 15 is 0 Å². The van der Waals surface area contributed by atoms with Gasteiger partial charge in [-0.05, 0) is 63.5 Å². The molecule has 1 heterocycles. The Morgan fingerprint density at radius 1 is 1.27 bits per heavy atom. The molecule has 8 nitrogen and oxygen atoms in total. The van der Waals surface area contributed by atoms with Crippen LogP contribution in [0.1, 0.15) is 61.9 Å². The zero-order chi connectivity index (χ0) is 21.9. The Morgan fingerprint density at radius 2 is 1.97 bits per heavy atom. The summed E-state index contributed by atoms with van der Waals surface area (Å²) in [5, 5.41) is 25.9. The number of hydrogen-bond donors (Lipinski definition) is 5. The molecule has 0 unspecified atom stereocenters. The zero-order valence-corrected chi connectivity index (χ0v) is 17.7. The molecule has 1 aliphatic carbocycles. The molecule has 1 saturated carbocycles. The van der Waals surface area contributed by atoms with E-state index < -0.39 is 19.0 Å². The van der Waals surface area contributed by atoms with Gasteiger partial charge in [-0.3, -0.25) is 4.79 Å². The Bertz CT molecular complexity index is 774. The predicted molar refractivity (Wildman–Crippen MR) is 114 cm³/mol. The maximum absolute atomic E-state index is 12.5. The minimum atomic E-state index is -1.28. The number of carbonyl (C=O) groups excluding carboxylic acids is 1. The molecule has 9 heteroatoms. The molecule has 1 aliphatic heterocycles. The van der Waals surface area contributed by atoms with Crippen molar-refractivity contribution >= 4 is 19.0 Å². The van der Waals surface area contributed by atoms with Crippen LogP contribution in [-0.2, 0) is 11.2 Å². The van der Waals surface area contributed by atoms with E-state index in [1.807, 2.05) is 13.8 Å². The van der Waals surface area contributed by atoms with E-state index in [9.17, 15) is 19.7 Å². The van der Waals surface area contributed by atoms with Gasteiger partial charge in [0, 0.05) is 24.5 Å². The van der Waals surface area contributed by atoms with E-state index in [1.165, 1.54) is 6.07 Å². The van der Waals surface area contributed by atoms with Crippen molar-refractivity contribution < 1.29 is 24.4 Å². The van der Waals surface area contributed by atoms with Crippen LogP contribution in [0.25, 0.3) is 0 Å². The lowest BCUT2D eigenvalue weighted by Gasteiger charge is -2.32. The van der Waals surface area contributed by atoms with Gasteiger partial charge in [0.1, 0.15) is 5.75 Å². The molecule has 0 aromatic heterocycles. The molecule has 0 saturated heterocycles. The maximum Gasteiger partial charge on any atom is 0.547 e. The molecular formula is C21H32BN3O5. The largest absolute Gasteiger partial charge is 0.547 e. The third-order valence-corrected chi connectivity index (χ3v) is 5.86. The highest BCUT2D eigenvalue weighted by atomic mass is 16.5. The fourth-order valence-corrected chi connectivity index (χ4v) is 4.22. The second-order valence-electron chi connectivity index (χ2n) is 9.28. The first-order valence-electron chi connectivity index (χ1n) is 10.6. The van der Waals surface area contributed by atoms with Crippen molar-refractivity contribution in [3.05, 3.63) is 29.3 Å². The van der Waals surface area contributed by atoms with Crippen LogP contribution in [0, 0.1) is 5.92 Å². The Balaban J connectivity index is 1.48. The van der Waals surface area contributed by atoms with Gasteiger partial charge in [0.25, 0.3) is 0 Å². The number of nitrogens with one attached hydrogen (secondary N) is 2. The molecule has 3 rings (SSSR count). The van der Waals surface area contributed by atoms with Crippen LogP contribution < -0.4 is 21.0 Å². The molecule has 1 aromatic rings. The Hall–Kier alpha value is -2.10. The summed E-state index contributed by atoms with van der Waals surface area (Å²) in [6.07, 6.45) is 4.74. The van der Waals surface area contributed by atoms with E-state index in [4.69, 9.17) is 10.4 Å². The Labute approximate surface area is 177 Å². The number of carboxylic acid groups (broad SMARTS) is 1. The van der Waals surface area contributed by atoms with Crippen LogP contribution in [-0.4, -0.2) is 53.2 Å². The molecule has 1 fully saturated rings. The van der Waals surface area contributed by atoms with E-state index in [1.54, 1.807) is 12.1 Å². The standard InChI is InChI=1S/C21H32BN3O5/c1-21(2,23)12-24-15-8-6-13(7-9-15)10-18(26)25-17-11-14-4-3-5-16(20(27)28)19(14)30-22(17)29/h3-5,13,15,17,24,29H,6-12,23H2,1-2H3,(H,25,26)(H,27,28)/t13-,15-,17-/m0/s1. The van der Waals surface area contributed by atoms with Crippen LogP contribution in [0.15, 0.2) is 18.2 Å². The molecule has 1 amide bonds. The van der Waals surface area contributed by atoms with Crippen molar-refractivity contribution in [2.45, 2.75) is 69.9 Å². The number of fused-ring (bicyclic) bond motifs is 1. The van der Waals surface area contributed by atoms with Gasteiger partial charge in [-0.2, -0.15) is 0 Å². The molecule has 0 radical (unpaired) electrons. The highest BCUT2D eigenvalue weighted by molar-refractivity contribution is 6.47. The minimum Gasteiger partial charge on any atom is -0.534 e. The normalized spacial score (nSPS) is 24.0. The molecular weight excluding hydrogens is 385 g/mol. The van der Waals surface area contributed by atoms with Crippen molar-refractivity contribution in [2.75, 3.05) is 6.54 Å². The number of amides is 1. The molecule has 0 spiro atoms. The van der Waals surface area contributed by atoms with Crippen molar-refractivity contribution in [3.63, 3.8) is 0 Å². The summed E-state index contributed by atoms with van der Waals surface area (Å²) >= 11 is 0. The number of para-hydroxylation sites is 1. The molecule has 30 heavy (non-hydrogen) atoms. The molecule has 0 bridgehead atoms. The van der Waals surface area contributed by atoms with Gasteiger partial charge in [-0.15, -0.1) is 0 Å². The average Bonchev–Trinajstić information content (AvgIpc) is 2.67. The lowest BCUT2D eigenvalue weighted by molar-refractivity contribution is -0.122. The summed E-state index contributed by atoms with van der Waals surface area (Å²) in [5.74, 6) is -1.32. The van der Waals surface area contributed by atoms with Gasteiger partial charge < -0.3 is 31.2 Å². The molecule has 1 aromatic carbocycles. The summed E-state index contributed by atoms with van der Waals surface area (Å²) in [6, 6.07) is 5.28. The van der Waals surface area contributed by atoms with Gasteiger partial charge in [-0.25, -0.2) is 4.79 Å². The van der Waals surface area contributed by atoms with E-state index in [0.717, 1.165) is 32.2 Å². The SMILES string of the molecule is CC(C)(N)CN[C@H]1CC[C@H](CC(=O)N[C@H]2Cc3cccc(C(=O)O)c3OB2O)CC1. The van der Waals surface area contributed by atoms with E-state index in [-0.39, 0.29) is 22.8 Å². The van der Waals surface area contributed by atoms with Crippen molar-refractivity contribution in [1.82, 2.24) is 10.6 Å². The lowest BCUT2D eigenvalue weighted by Crippen LogP contribution is -2.53. The monoisotopic (exact) mass is 417 g/mol. The van der Waals surface area contributed by atoms with Crippen molar-refractivity contribution in [1.29, 1.82) is 0 Å². The number of benzene rings is 1. The third-order valence-electron chi connectivity index (χ3n) is 5.86. The topological polar surface area (TPSA) is 134 Å². The molecule has 164 valence electrons. The van der Waals surface area contributed by atoms with Gasteiger partial charge in [0.2, 0.25) is 5.91 Å². The van der Waals surface area contributed by atoms with Gasteiger partial charge in [0.15, 0.2) is 0 Å². The average molecular weight is 417 g/mol. The van der Waals surface area contributed by atoms with E-state index in [0.29, 0.717) is 30.4 Å². The quantitative estimate of drug-likeness (QED) is 0.420. The van der Waals surface area contributed by atoms with Gasteiger partial charge in [-0.1, -0.05) is 12.1 Å². The maximum atomic E-state index is 12.5. The summed E-state index contributed by atoms with van der Waals surface area (Å²) in [7, 11) is -1.28. The van der Waals surface area contributed by atoms with Crippen LogP contribution in [0.5, 0.6) is 5.75 Å². The van der Waals surface area contributed by atoms with E-state index in [2.05, 4.69) is 10.6 Å². The first-order valence-corrected chi connectivity index (χ1v) is 10.6. The van der Waals surface area contributed by atoms with Gasteiger partial charge in [0.05, 0.1) is 11.5 Å². The summed E-state index contributed by atoms with van der Waals surface area (Å²) in [5.41, 5.74) is 6.47. The van der Waals surface area contributed by atoms with Crippen molar-refractivity contribution in [2.24, 2.45) is 11.7 Å². The highest BCUT2D eigenvalue weighted by Crippen LogP contribution is 2.31. The third kappa shape index (κ3) is 5.96.